The SMILES string of the molecule is COc1ccc(OC)c(N2C[C@@H](C(=O)NC[C@H]3CCCO3)CC2=O)c1. The Bertz CT molecular complexity index is 642. The number of nitrogens with zero attached hydrogens (tertiary/aromatic N) is 1. The average Bonchev–Trinajstić information content (AvgIpc) is 3.28. The van der Waals surface area contributed by atoms with Gasteiger partial charge in [0.1, 0.15) is 11.5 Å². The van der Waals surface area contributed by atoms with Crippen molar-refractivity contribution in [2.45, 2.75) is 25.4 Å². The Balaban J connectivity index is 1.66. The number of amides is 2. The Labute approximate surface area is 147 Å². The third-order valence-corrected chi connectivity index (χ3v) is 4.70. The van der Waals surface area contributed by atoms with Crippen molar-refractivity contribution in [2.75, 3.05) is 38.8 Å². The first-order valence-corrected chi connectivity index (χ1v) is 8.54. The third kappa shape index (κ3) is 3.87. The van der Waals surface area contributed by atoms with Gasteiger partial charge in [-0.25, -0.2) is 0 Å². The van der Waals surface area contributed by atoms with Gasteiger partial charge in [-0.3, -0.25) is 9.59 Å². The molecule has 2 amide bonds. The Morgan fingerprint density at radius 1 is 1.36 bits per heavy atom. The summed E-state index contributed by atoms with van der Waals surface area (Å²) in [6, 6.07) is 5.28. The maximum atomic E-state index is 12.4. The molecule has 2 saturated heterocycles. The van der Waals surface area contributed by atoms with Gasteiger partial charge in [0.2, 0.25) is 11.8 Å². The minimum atomic E-state index is -0.371. The summed E-state index contributed by atoms with van der Waals surface area (Å²) < 4.78 is 16.1. The van der Waals surface area contributed by atoms with E-state index in [1.807, 2.05) is 0 Å². The number of anilines is 1. The van der Waals surface area contributed by atoms with Crippen LogP contribution in [0.4, 0.5) is 5.69 Å². The number of methoxy groups -OCH3 is 2. The number of benzene rings is 1. The number of carbonyl (C=O) groups excluding carboxylic acids is 2. The van der Waals surface area contributed by atoms with Gasteiger partial charge in [0.05, 0.1) is 31.9 Å². The molecule has 3 rings (SSSR count). The number of carbonyl (C=O) groups is 2. The second-order valence-corrected chi connectivity index (χ2v) is 6.32. The molecule has 0 aromatic heterocycles. The highest BCUT2D eigenvalue weighted by atomic mass is 16.5. The van der Waals surface area contributed by atoms with Gasteiger partial charge in [0, 0.05) is 32.2 Å². The molecule has 2 fully saturated rings. The zero-order valence-corrected chi connectivity index (χ0v) is 14.6. The first-order chi connectivity index (χ1) is 12.1. The third-order valence-electron chi connectivity index (χ3n) is 4.70. The van der Waals surface area contributed by atoms with E-state index in [1.54, 1.807) is 37.3 Å². The topological polar surface area (TPSA) is 77.1 Å². The van der Waals surface area contributed by atoms with E-state index in [1.165, 1.54) is 0 Å². The lowest BCUT2D eigenvalue weighted by Crippen LogP contribution is -2.37. The molecule has 136 valence electrons. The molecular formula is C18H24N2O5. The van der Waals surface area contributed by atoms with E-state index in [0.29, 0.717) is 30.3 Å². The van der Waals surface area contributed by atoms with Crippen LogP contribution in [-0.4, -0.2) is 51.8 Å². The fourth-order valence-electron chi connectivity index (χ4n) is 3.29. The maximum Gasteiger partial charge on any atom is 0.227 e. The van der Waals surface area contributed by atoms with Crippen LogP contribution in [0.25, 0.3) is 0 Å². The summed E-state index contributed by atoms with van der Waals surface area (Å²) >= 11 is 0. The van der Waals surface area contributed by atoms with Gasteiger partial charge in [-0.15, -0.1) is 0 Å². The lowest BCUT2D eigenvalue weighted by Gasteiger charge is -2.20. The van der Waals surface area contributed by atoms with E-state index >= 15 is 0 Å². The van der Waals surface area contributed by atoms with E-state index in [4.69, 9.17) is 14.2 Å². The highest BCUT2D eigenvalue weighted by molar-refractivity contribution is 6.01. The van der Waals surface area contributed by atoms with Crippen molar-refractivity contribution in [3.63, 3.8) is 0 Å². The Hall–Kier alpha value is -2.28. The zero-order chi connectivity index (χ0) is 17.8. The largest absolute Gasteiger partial charge is 0.497 e. The van der Waals surface area contributed by atoms with Crippen molar-refractivity contribution in [3.05, 3.63) is 18.2 Å². The summed E-state index contributed by atoms with van der Waals surface area (Å²) in [5, 5.41) is 2.91. The van der Waals surface area contributed by atoms with Gasteiger partial charge in [-0.2, -0.15) is 0 Å². The molecule has 1 aromatic rings. The van der Waals surface area contributed by atoms with E-state index < -0.39 is 0 Å². The van der Waals surface area contributed by atoms with Crippen molar-refractivity contribution >= 4 is 17.5 Å². The van der Waals surface area contributed by atoms with Gasteiger partial charge in [-0.1, -0.05) is 0 Å². The second kappa shape index (κ2) is 7.74. The number of hydrogen-bond donors (Lipinski definition) is 1. The number of nitrogens with one attached hydrogen (secondary N) is 1. The van der Waals surface area contributed by atoms with Crippen LogP contribution in [0.2, 0.25) is 0 Å². The molecule has 1 aromatic carbocycles. The van der Waals surface area contributed by atoms with Crippen LogP contribution in [0.1, 0.15) is 19.3 Å². The first kappa shape index (κ1) is 17.5. The van der Waals surface area contributed by atoms with Crippen LogP contribution in [0.3, 0.4) is 0 Å². The fraction of sp³-hybridized carbons (Fsp3) is 0.556. The molecule has 2 aliphatic heterocycles. The summed E-state index contributed by atoms with van der Waals surface area (Å²) in [4.78, 5) is 26.4. The lowest BCUT2D eigenvalue weighted by molar-refractivity contribution is -0.126. The van der Waals surface area contributed by atoms with E-state index in [-0.39, 0.29) is 30.3 Å². The molecule has 0 saturated carbocycles. The van der Waals surface area contributed by atoms with Gasteiger partial charge < -0.3 is 24.4 Å². The molecule has 0 bridgehead atoms. The predicted octanol–water partition coefficient (Wildman–Crippen LogP) is 1.35. The van der Waals surface area contributed by atoms with Gasteiger partial charge in [0.15, 0.2) is 0 Å². The van der Waals surface area contributed by atoms with Crippen LogP contribution >= 0.6 is 0 Å². The summed E-state index contributed by atoms with van der Waals surface area (Å²) in [6.07, 6.45) is 2.29. The molecular weight excluding hydrogens is 324 g/mol. The summed E-state index contributed by atoms with van der Waals surface area (Å²) in [6.45, 7) is 1.59. The van der Waals surface area contributed by atoms with Crippen LogP contribution in [0, 0.1) is 5.92 Å². The van der Waals surface area contributed by atoms with Crippen molar-refractivity contribution in [1.82, 2.24) is 5.32 Å². The zero-order valence-electron chi connectivity index (χ0n) is 14.6. The average molecular weight is 348 g/mol. The van der Waals surface area contributed by atoms with Crippen LogP contribution in [0.5, 0.6) is 11.5 Å². The quantitative estimate of drug-likeness (QED) is 0.840. The van der Waals surface area contributed by atoms with Crippen LogP contribution in [-0.2, 0) is 14.3 Å². The van der Waals surface area contributed by atoms with Crippen molar-refractivity contribution < 1.29 is 23.8 Å². The minimum absolute atomic E-state index is 0.0932. The summed E-state index contributed by atoms with van der Waals surface area (Å²) in [5.74, 6) is 0.645. The molecule has 7 heteroatoms. The molecule has 0 radical (unpaired) electrons. The molecule has 0 aliphatic carbocycles. The number of hydrogen-bond acceptors (Lipinski definition) is 5. The Kier molecular flexibility index (Phi) is 5.43. The summed E-state index contributed by atoms with van der Waals surface area (Å²) in [7, 11) is 3.12. The van der Waals surface area contributed by atoms with Crippen LogP contribution < -0.4 is 19.7 Å². The monoisotopic (exact) mass is 348 g/mol. The smallest absolute Gasteiger partial charge is 0.227 e. The molecule has 1 N–H and O–H groups in total. The molecule has 0 unspecified atom stereocenters. The molecule has 0 spiro atoms. The Morgan fingerprint density at radius 3 is 2.88 bits per heavy atom. The van der Waals surface area contributed by atoms with Crippen molar-refractivity contribution in [2.24, 2.45) is 5.92 Å². The Morgan fingerprint density at radius 2 is 2.20 bits per heavy atom. The molecule has 7 nitrogen and oxygen atoms in total. The normalized spacial score (nSPS) is 23.0. The number of rotatable bonds is 6. The maximum absolute atomic E-state index is 12.4. The van der Waals surface area contributed by atoms with Gasteiger partial charge in [-0.05, 0) is 25.0 Å². The standard InChI is InChI=1S/C18H24N2O5/c1-23-13-5-6-16(24-2)15(9-13)20-11-12(8-17(20)21)18(22)19-10-14-4-3-7-25-14/h5-6,9,12,14H,3-4,7-8,10-11H2,1-2H3,(H,19,22)/t12-,14+/m0/s1. The van der Waals surface area contributed by atoms with E-state index in [9.17, 15) is 9.59 Å². The van der Waals surface area contributed by atoms with Crippen molar-refractivity contribution in [1.29, 1.82) is 0 Å². The molecule has 2 aliphatic rings. The van der Waals surface area contributed by atoms with Crippen LogP contribution in [0.15, 0.2) is 18.2 Å². The molecule has 25 heavy (non-hydrogen) atoms. The first-order valence-electron chi connectivity index (χ1n) is 8.54. The van der Waals surface area contributed by atoms with E-state index in [2.05, 4.69) is 5.32 Å². The molecule has 2 atom stereocenters. The van der Waals surface area contributed by atoms with Gasteiger partial charge >= 0.3 is 0 Å². The highest BCUT2D eigenvalue weighted by Gasteiger charge is 2.36. The minimum Gasteiger partial charge on any atom is -0.497 e. The van der Waals surface area contributed by atoms with Gasteiger partial charge in [0.25, 0.3) is 0 Å². The second-order valence-electron chi connectivity index (χ2n) is 6.32. The highest BCUT2D eigenvalue weighted by Crippen LogP contribution is 2.36. The number of ether oxygens (including phenoxy) is 3. The fourth-order valence-corrected chi connectivity index (χ4v) is 3.29. The molecule has 2 heterocycles. The summed E-state index contributed by atoms with van der Waals surface area (Å²) in [5.41, 5.74) is 0.626. The van der Waals surface area contributed by atoms with Crippen molar-refractivity contribution in [3.8, 4) is 11.5 Å². The predicted molar refractivity (Wildman–Crippen MR) is 92.0 cm³/mol. The van der Waals surface area contributed by atoms with E-state index in [0.717, 1.165) is 19.4 Å². The lowest BCUT2D eigenvalue weighted by atomic mass is 10.1.